The maximum absolute atomic E-state index is 12.2. The Balaban J connectivity index is 1.41. The van der Waals surface area contributed by atoms with Crippen molar-refractivity contribution in [2.75, 3.05) is 32.8 Å². The SMILES string of the molecule is O=C(COc1ccccc1)N1CCC(N2CCCCC2)CC1. The molecule has 0 unspecified atom stereocenters. The molecule has 0 spiro atoms. The molecule has 0 N–H and O–H groups in total. The average Bonchev–Trinajstić information content (AvgIpc) is 2.61. The Morgan fingerprint density at radius 3 is 2.36 bits per heavy atom. The molecule has 22 heavy (non-hydrogen) atoms. The number of nitrogens with zero attached hydrogens (tertiary/aromatic N) is 2. The van der Waals surface area contributed by atoms with Crippen LogP contribution in [0.3, 0.4) is 0 Å². The fourth-order valence-electron chi connectivity index (χ4n) is 3.52. The average molecular weight is 302 g/mol. The molecule has 1 amide bonds. The number of hydrogen-bond acceptors (Lipinski definition) is 3. The molecule has 3 rings (SSSR count). The molecule has 0 atom stereocenters. The first-order chi connectivity index (χ1) is 10.8. The summed E-state index contributed by atoms with van der Waals surface area (Å²) in [5, 5.41) is 0. The van der Waals surface area contributed by atoms with Gasteiger partial charge in [0.1, 0.15) is 5.75 Å². The highest BCUT2D eigenvalue weighted by Gasteiger charge is 2.27. The van der Waals surface area contributed by atoms with Crippen molar-refractivity contribution in [3.8, 4) is 5.75 Å². The summed E-state index contributed by atoms with van der Waals surface area (Å²) in [5.41, 5.74) is 0. The van der Waals surface area contributed by atoms with Gasteiger partial charge in [-0.2, -0.15) is 0 Å². The molecule has 2 aliphatic heterocycles. The van der Waals surface area contributed by atoms with E-state index < -0.39 is 0 Å². The predicted octanol–water partition coefficient (Wildman–Crippen LogP) is 2.54. The zero-order valence-electron chi connectivity index (χ0n) is 13.2. The van der Waals surface area contributed by atoms with Crippen LogP contribution in [-0.2, 0) is 4.79 Å². The lowest BCUT2D eigenvalue weighted by atomic mass is 10.00. The first-order valence-corrected chi connectivity index (χ1v) is 8.52. The molecule has 1 aromatic carbocycles. The van der Waals surface area contributed by atoms with Crippen LogP contribution in [-0.4, -0.2) is 54.5 Å². The normalized spacial score (nSPS) is 20.8. The third-order valence-electron chi connectivity index (χ3n) is 4.83. The van der Waals surface area contributed by atoms with Gasteiger partial charge in [-0.25, -0.2) is 0 Å². The smallest absolute Gasteiger partial charge is 0.260 e. The molecule has 2 heterocycles. The number of carbonyl (C=O) groups is 1. The summed E-state index contributed by atoms with van der Waals surface area (Å²) >= 11 is 0. The largest absolute Gasteiger partial charge is 0.484 e. The lowest BCUT2D eigenvalue weighted by molar-refractivity contribution is -0.135. The second kappa shape index (κ2) is 7.63. The maximum Gasteiger partial charge on any atom is 0.260 e. The number of hydrogen-bond donors (Lipinski definition) is 0. The zero-order valence-corrected chi connectivity index (χ0v) is 13.2. The van der Waals surface area contributed by atoms with Crippen LogP contribution < -0.4 is 4.74 Å². The van der Waals surface area contributed by atoms with Crippen LogP contribution >= 0.6 is 0 Å². The van der Waals surface area contributed by atoms with Gasteiger partial charge in [-0.1, -0.05) is 24.6 Å². The van der Waals surface area contributed by atoms with Crippen molar-refractivity contribution in [1.29, 1.82) is 0 Å². The number of piperidine rings is 2. The van der Waals surface area contributed by atoms with Crippen molar-refractivity contribution in [2.45, 2.75) is 38.1 Å². The summed E-state index contributed by atoms with van der Waals surface area (Å²) < 4.78 is 5.56. The lowest BCUT2D eigenvalue weighted by Gasteiger charge is -2.40. The van der Waals surface area contributed by atoms with Gasteiger partial charge >= 0.3 is 0 Å². The highest BCUT2D eigenvalue weighted by atomic mass is 16.5. The topological polar surface area (TPSA) is 32.8 Å². The molecule has 120 valence electrons. The number of carbonyl (C=O) groups excluding carboxylic acids is 1. The van der Waals surface area contributed by atoms with E-state index in [-0.39, 0.29) is 12.5 Å². The van der Waals surface area contributed by atoms with E-state index >= 15 is 0 Å². The van der Waals surface area contributed by atoms with Crippen LogP contribution in [0, 0.1) is 0 Å². The van der Waals surface area contributed by atoms with Crippen LogP contribution in [0.2, 0.25) is 0 Å². The van der Waals surface area contributed by atoms with Gasteiger partial charge in [0.15, 0.2) is 6.61 Å². The summed E-state index contributed by atoms with van der Waals surface area (Å²) in [6.07, 6.45) is 6.27. The van der Waals surface area contributed by atoms with Gasteiger partial charge < -0.3 is 14.5 Å². The number of amides is 1. The Morgan fingerprint density at radius 2 is 1.68 bits per heavy atom. The van der Waals surface area contributed by atoms with Crippen molar-refractivity contribution in [3.05, 3.63) is 30.3 Å². The van der Waals surface area contributed by atoms with Crippen LogP contribution in [0.4, 0.5) is 0 Å². The van der Waals surface area contributed by atoms with Gasteiger partial charge in [-0.05, 0) is 50.9 Å². The van der Waals surface area contributed by atoms with Crippen LogP contribution in [0.15, 0.2) is 30.3 Å². The van der Waals surface area contributed by atoms with Gasteiger partial charge in [-0.3, -0.25) is 4.79 Å². The molecule has 2 fully saturated rings. The molecule has 1 aromatic rings. The van der Waals surface area contributed by atoms with Gasteiger partial charge in [0.2, 0.25) is 0 Å². The fraction of sp³-hybridized carbons (Fsp3) is 0.611. The summed E-state index contributed by atoms with van der Waals surface area (Å²) in [4.78, 5) is 16.8. The van der Waals surface area contributed by atoms with E-state index in [1.54, 1.807) is 0 Å². The molecular weight excluding hydrogens is 276 g/mol. The quantitative estimate of drug-likeness (QED) is 0.857. The van der Waals surface area contributed by atoms with Crippen molar-refractivity contribution in [1.82, 2.24) is 9.80 Å². The minimum atomic E-state index is 0.112. The van der Waals surface area contributed by atoms with E-state index in [0.717, 1.165) is 31.7 Å². The summed E-state index contributed by atoms with van der Waals surface area (Å²) in [7, 11) is 0. The van der Waals surface area contributed by atoms with Crippen molar-refractivity contribution >= 4 is 5.91 Å². The van der Waals surface area contributed by atoms with Gasteiger partial charge in [-0.15, -0.1) is 0 Å². The zero-order chi connectivity index (χ0) is 15.2. The summed E-state index contributed by atoms with van der Waals surface area (Å²) in [6.45, 7) is 4.39. The Bertz CT molecular complexity index is 463. The highest BCUT2D eigenvalue weighted by molar-refractivity contribution is 5.77. The molecule has 0 aromatic heterocycles. The molecule has 0 aliphatic carbocycles. The first-order valence-electron chi connectivity index (χ1n) is 8.52. The second-order valence-electron chi connectivity index (χ2n) is 6.31. The second-order valence-corrected chi connectivity index (χ2v) is 6.31. The summed E-state index contributed by atoms with van der Waals surface area (Å²) in [5.74, 6) is 0.875. The minimum Gasteiger partial charge on any atom is -0.484 e. The summed E-state index contributed by atoms with van der Waals surface area (Å²) in [6, 6.07) is 10.2. The molecular formula is C18H26N2O2. The van der Waals surface area contributed by atoms with E-state index in [9.17, 15) is 4.79 Å². The van der Waals surface area contributed by atoms with Crippen LogP contribution in [0.25, 0.3) is 0 Å². The molecule has 2 saturated heterocycles. The van der Waals surface area contributed by atoms with Gasteiger partial charge in [0.25, 0.3) is 5.91 Å². The van der Waals surface area contributed by atoms with Crippen molar-refractivity contribution in [2.24, 2.45) is 0 Å². The maximum atomic E-state index is 12.2. The molecule has 0 bridgehead atoms. The molecule has 2 aliphatic rings. The Morgan fingerprint density at radius 1 is 1.00 bits per heavy atom. The first kappa shape index (κ1) is 15.3. The number of ether oxygens (including phenoxy) is 1. The van der Waals surface area contributed by atoms with Crippen molar-refractivity contribution in [3.63, 3.8) is 0 Å². The standard InChI is InChI=1S/C18H26N2O2/c21-18(15-22-17-7-3-1-4-8-17)20-13-9-16(10-14-20)19-11-5-2-6-12-19/h1,3-4,7-8,16H,2,5-6,9-15H2. The number of likely N-dealkylation sites (tertiary alicyclic amines) is 2. The van der Waals surface area contributed by atoms with E-state index in [2.05, 4.69) is 4.90 Å². The number of para-hydroxylation sites is 1. The molecule has 0 saturated carbocycles. The predicted molar refractivity (Wildman–Crippen MR) is 87.0 cm³/mol. The molecule has 0 radical (unpaired) electrons. The Labute approximate surface area is 133 Å². The fourth-order valence-corrected chi connectivity index (χ4v) is 3.52. The van der Waals surface area contributed by atoms with Crippen LogP contribution in [0.1, 0.15) is 32.1 Å². The number of rotatable bonds is 4. The third-order valence-corrected chi connectivity index (χ3v) is 4.83. The van der Waals surface area contributed by atoms with Crippen LogP contribution in [0.5, 0.6) is 5.75 Å². The Kier molecular flexibility index (Phi) is 5.33. The van der Waals surface area contributed by atoms with Gasteiger partial charge in [0.05, 0.1) is 0 Å². The monoisotopic (exact) mass is 302 g/mol. The molecule has 4 nitrogen and oxygen atoms in total. The van der Waals surface area contributed by atoms with Crippen molar-refractivity contribution < 1.29 is 9.53 Å². The Hall–Kier alpha value is -1.55. The highest BCUT2D eigenvalue weighted by Crippen LogP contribution is 2.21. The number of benzene rings is 1. The van der Waals surface area contributed by atoms with E-state index in [0.29, 0.717) is 6.04 Å². The van der Waals surface area contributed by atoms with E-state index in [1.807, 2.05) is 35.2 Å². The third kappa shape index (κ3) is 4.01. The minimum absolute atomic E-state index is 0.112. The van der Waals surface area contributed by atoms with E-state index in [4.69, 9.17) is 4.74 Å². The lowest BCUT2D eigenvalue weighted by Crippen LogP contribution is -2.49. The molecule has 4 heteroatoms. The van der Waals surface area contributed by atoms with E-state index in [1.165, 1.54) is 32.4 Å². The van der Waals surface area contributed by atoms with Gasteiger partial charge in [0, 0.05) is 19.1 Å².